The van der Waals surface area contributed by atoms with Crippen LogP contribution in [0.3, 0.4) is 0 Å². The van der Waals surface area contributed by atoms with Crippen molar-refractivity contribution in [1.29, 1.82) is 0 Å². The number of carbonyl (C=O) groups excluding carboxylic acids is 3. The number of hydrogen-bond acceptors (Lipinski definition) is 8. The van der Waals surface area contributed by atoms with Crippen LogP contribution in [-0.4, -0.2) is 77.1 Å². The van der Waals surface area contributed by atoms with E-state index in [1.165, 1.54) is 6.92 Å². The molecular formula is C35H61N3O8S. The van der Waals surface area contributed by atoms with Crippen molar-refractivity contribution < 1.29 is 37.0 Å². The average molecular weight is 684 g/mol. The lowest BCUT2D eigenvalue weighted by atomic mass is 9.69. The predicted molar refractivity (Wildman–Crippen MR) is 180 cm³/mol. The Balaban J connectivity index is 1.60. The normalized spacial score (nSPS) is 27.7. The predicted octanol–water partition coefficient (Wildman–Crippen LogP) is 7.09. The van der Waals surface area contributed by atoms with Gasteiger partial charge in [-0.05, 0) is 105 Å². The second-order valence-electron chi connectivity index (χ2n) is 17.1. The quantitative estimate of drug-likeness (QED) is 0.163. The molecule has 2 amide bonds. The van der Waals surface area contributed by atoms with Gasteiger partial charge in [-0.1, -0.05) is 52.4 Å². The number of sulfonamides is 1. The first kappa shape index (κ1) is 37.7. The first-order chi connectivity index (χ1) is 21.7. The van der Waals surface area contributed by atoms with Gasteiger partial charge in [-0.25, -0.2) is 33.2 Å². The van der Waals surface area contributed by atoms with Gasteiger partial charge in [0.15, 0.2) is 6.04 Å². The van der Waals surface area contributed by atoms with Crippen LogP contribution in [0.15, 0.2) is 0 Å². The maximum Gasteiger partial charge on any atom is 0.430 e. The van der Waals surface area contributed by atoms with E-state index >= 15 is 0 Å². The Kier molecular flexibility index (Phi) is 11.3. The third kappa shape index (κ3) is 8.57. The Morgan fingerprint density at radius 1 is 0.830 bits per heavy atom. The number of hydrogen-bond donors (Lipinski definition) is 1. The fourth-order valence-electron chi connectivity index (χ4n) is 8.68. The fourth-order valence-corrected chi connectivity index (χ4v) is 11.5. The molecule has 4 fully saturated rings. The molecule has 0 aromatic carbocycles. The summed E-state index contributed by atoms with van der Waals surface area (Å²) in [7, 11) is -3.71. The summed E-state index contributed by atoms with van der Waals surface area (Å²) in [6.07, 6.45) is 9.65. The largest absolute Gasteiger partial charge is 0.460 e. The number of nitrogens with one attached hydrogen (secondary N) is 1. The summed E-state index contributed by atoms with van der Waals surface area (Å²) in [5.41, 5.74) is -0.513. The zero-order valence-corrected chi connectivity index (χ0v) is 31.2. The fraction of sp³-hybridized carbons (Fsp3) is 0.914. The van der Waals surface area contributed by atoms with Crippen molar-refractivity contribution in [3.05, 3.63) is 0 Å². The highest BCUT2D eigenvalue weighted by Gasteiger charge is 2.67. The van der Waals surface area contributed by atoms with E-state index in [-0.39, 0.29) is 29.2 Å². The highest BCUT2D eigenvalue weighted by Crippen LogP contribution is 2.67. The van der Waals surface area contributed by atoms with Gasteiger partial charge in [-0.2, -0.15) is 4.31 Å². The van der Waals surface area contributed by atoms with Crippen LogP contribution in [0.1, 0.15) is 146 Å². The maximum absolute atomic E-state index is 14.7. The van der Waals surface area contributed by atoms with E-state index in [0.717, 1.165) is 75.6 Å². The molecule has 0 radical (unpaired) electrons. The van der Waals surface area contributed by atoms with Crippen LogP contribution >= 0.6 is 0 Å². The lowest BCUT2D eigenvalue weighted by molar-refractivity contribution is -0.163. The van der Waals surface area contributed by atoms with Crippen molar-refractivity contribution in [2.45, 2.75) is 181 Å². The van der Waals surface area contributed by atoms with Crippen LogP contribution in [0.2, 0.25) is 0 Å². The van der Waals surface area contributed by atoms with Gasteiger partial charge in [0.1, 0.15) is 17.3 Å². The minimum Gasteiger partial charge on any atom is -0.460 e. The molecule has 12 heteroatoms. The summed E-state index contributed by atoms with van der Waals surface area (Å²) in [6.45, 7) is 15.8. The van der Waals surface area contributed by atoms with Crippen molar-refractivity contribution in [3.8, 4) is 0 Å². The van der Waals surface area contributed by atoms with E-state index < -0.39 is 56.9 Å². The monoisotopic (exact) mass is 683 g/mol. The van der Waals surface area contributed by atoms with Gasteiger partial charge in [0.2, 0.25) is 10.0 Å². The topological polar surface area (TPSA) is 132 Å². The Morgan fingerprint density at radius 2 is 1.34 bits per heavy atom. The Hall–Kier alpha value is -2.08. The lowest BCUT2D eigenvalue weighted by Crippen LogP contribution is -2.57. The third-order valence-electron chi connectivity index (χ3n) is 11.2. The second kappa shape index (κ2) is 14.0. The molecule has 1 N–H and O–H groups in total. The molecule has 11 nitrogen and oxygen atoms in total. The van der Waals surface area contributed by atoms with Crippen molar-refractivity contribution >= 4 is 28.2 Å². The summed E-state index contributed by atoms with van der Waals surface area (Å²) in [5, 5.41) is 0.803. The van der Waals surface area contributed by atoms with Crippen LogP contribution in [0, 0.1) is 16.7 Å². The summed E-state index contributed by atoms with van der Waals surface area (Å²) in [5.74, 6) is -0.603. The van der Waals surface area contributed by atoms with E-state index in [9.17, 15) is 22.8 Å². The van der Waals surface area contributed by atoms with Crippen LogP contribution in [0.25, 0.3) is 0 Å². The van der Waals surface area contributed by atoms with Crippen LogP contribution in [0.4, 0.5) is 9.59 Å². The van der Waals surface area contributed by atoms with Gasteiger partial charge < -0.3 is 14.2 Å². The van der Waals surface area contributed by atoms with E-state index in [2.05, 4.69) is 19.3 Å². The minimum absolute atomic E-state index is 0.0253. The number of rotatable bonds is 8. The number of hydrazine groups is 1. The van der Waals surface area contributed by atoms with E-state index in [1.54, 1.807) is 41.5 Å². The number of esters is 1. The van der Waals surface area contributed by atoms with Gasteiger partial charge in [-0.15, -0.1) is 0 Å². The molecule has 0 saturated heterocycles. The van der Waals surface area contributed by atoms with Crippen molar-refractivity contribution in [3.63, 3.8) is 0 Å². The number of fused-ring (bicyclic) bond motifs is 2. The molecule has 4 atom stereocenters. The number of amides is 2. The van der Waals surface area contributed by atoms with E-state index in [4.69, 9.17) is 14.2 Å². The van der Waals surface area contributed by atoms with E-state index in [0.29, 0.717) is 12.8 Å². The molecule has 4 rings (SSSR count). The van der Waals surface area contributed by atoms with Gasteiger partial charge in [0, 0.05) is 17.5 Å². The Bertz CT molecular complexity index is 1230. The summed E-state index contributed by atoms with van der Waals surface area (Å²) < 4.78 is 48.5. The van der Waals surface area contributed by atoms with Gasteiger partial charge in [0.05, 0.1) is 5.75 Å². The number of nitrogens with zero attached hydrogens (tertiary/aromatic N) is 2. The van der Waals surface area contributed by atoms with Crippen molar-refractivity contribution in [2.75, 3.05) is 5.75 Å². The lowest BCUT2D eigenvalue weighted by Gasteiger charge is -2.46. The zero-order valence-electron chi connectivity index (χ0n) is 30.4. The summed E-state index contributed by atoms with van der Waals surface area (Å²) in [6, 6.07) is -1.22. The molecule has 47 heavy (non-hydrogen) atoms. The molecule has 270 valence electrons. The average Bonchev–Trinajstić information content (AvgIpc) is 3.29. The maximum atomic E-state index is 14.7. The third-order valence-corrected chi connectivity index (χ3v) is 13.3. The van der Waals surface area contributed by atoms with Crippen molar-refractivity contribution in [1.82, 2.24) is 14.7 Å². The number of ether oxygens (including phenoxy) is 3. The Labute approximate surface area is 283 Å². The SMILES string of the molecule is C[C@H](C(=O)O[C@@H]1C[C@H]2CC[C@]1(CS(=O)(=O)N(C1CCCCC1)C1CCCCC1)C2(C)C)N(NC(=O)OC(C)(C)C)C(=O)OC(C)(C)C. The molecule has 0 unspecified atom stereocenters. The molecule has 2 bridgehead atoms. The highest BCUT2D eigenvalue weighted by atomic mass is 32.2. The first-order valence-electron chi connectivity index (χ1n) is 17.9. The molecule has 4 saturated carbocycles. The summed E-state index contributed by atoms with van der Waals surface area (Å²) >= 11 is 0. The molecule has 0 aromatic heterocycles. The van der Waals surface area contributed by atoms with Gasteiger partial charge in [-0.3, -0.25) is 0 Å². The molecule has 0 heterocycles. The molecule has 0 aromatic rings. The summed E-state index contributed by atoms with van der Waals surface area (Å²) in [4.78, 5) is 39.8. The van der Waals surface area contributed by atoms with Crippen LogP contribution in [0.5, 0.6) is 0 Å². The molecular weight excluding hydrogens is 622 g/mol. The Morgan fingerprint density at radius 3 is 1.81 bits per heavy atom. The highest BCUT2D eigenvalue weighted by molar-refractivity contribution is 7.89. The van der Waals surface area contributed by atoms with Crippen LogP contribution < -0.4 is 5.43 Å². The van der Waals surface area contributed by atoms with Gasteiger partial charge in [0.25, 0.3) is 0 Å². The van der Waals surface area contributed by atoms with E-state index in [1.807, 2.05) is 4.31 Å². The number of carbonyl (C=O) groups is 3. The zero-order chi connectivity index (χ0) is 35.0. The second-order valence-corrected chi connectivity index (χ2v) is 19.0. The standard InChI is InChI=1S/C35H61N3O8S/c1-24(37(31(41)46-33(5,6)7)36-30(40)45-32(2,3)4)29(39)44-28-22-25-20-21-35(28,34(25,8)9)23-47(42,43)38(26-16-12-10-13-17-26)27-18-14-11-15-19-27/h24-28H,10-23H2,1-9H3,(H,36,40)/t24-,25-,28-,35-/m1/s1. The first-order valence-corrected chi connectivity index (χ1v) is 19.5. The molecule has 0 aliphatic heterocycles. The van der Waals surface area contributed by atoms with Gasteiger partial charge >= 0.3 is 18.2 Å². The molecule has 4 aliphatic rings. The van der Waals surface area contributed by atoms with Crippen LogP contribution in [-0.2, 0) is 29.0 Å². The smallest absolute Gasteiger partial charge is 0.430 e. The molecule has 0 spiro atoms. The minimum atomic E-state index is -3.71. The molecule has 4 aliphatic carbocycles. The van der Waals surface area contributed by atoms with Crippen molar-refractivity contribution in [2.24, 2.45) is 16.7 Å².